The molecule has 2 rings (SSSR count). The molecule has 3 heteroatoms. The molecule has 0 bridgehead atoms. The van der Waals surface area contributed by atoms with E-state index in [9.17, 15) is 4.79 Å². The number of carbonyl (C=O) groups excluding carboxylic acids is 1. The Morgan fingerprint density at radius 1 is 1.27 bits per heavy atom. The van der Waals surface area contributed by atoms with Gasteiger partial charge in [0, 0.05) is 12.5 Å². The summed E-state index contributed by atoms with van der Waals surface area (Å²) in [4.78, 5) is 11.7. The Morgan fingerprint density at radius 2 is 1.93 bits per heavy atom. The molecule has 1 amide bonds. The summed E-state index contributed by atoms with van der Waals surface area (Å²) in [6.07, 6.45) is 8.46. The van der Waals surface area contributed by atoms with Crippen molar-refractivity contribution in [2.24, 2.45) is 11.8 Å². The van der Waals surface area contributed by atoms with Crippen LogP contribution in [0.25, 0.3) is 0 Å². The van der Waals surface area contributed by atoms with Crippen LogP contribution in [0.4, 0.5) is 0 Å². The quantitative estimate of drug-likeness (QED) is 0.681. The Labute approximate surface area is 91.3 Å². The molecule has 84 valence electrons. The van der Waals surface area contributed by atoms with Gasteiger partial charge in [0.2, 0.25) is 5.91 Å². The number of hydrogen-bond acceptors (Lipinski definition) is 2. The minimum Gasteiger partial charge on any atom is -0.356 e. The number of amides is 1. The third-order valence-corrected chi connectivity index (χ3v) is 3.40. The molecule has 0 aromatic carbocycles. The van der Waals surface area contributed by atoms with Crippen molar-refractivity contribution < 1.29 is 4.79 Å². The molecule has 0 aromatic heterocycles. The van der Waals surface area contributed by atoms with E-state index in [0.29, 0.717) is 5.92 Å². The standard InChI is InChI=1S/C12H20N2O/c15-12(11-3-1-2-4-11)14-9-10-5-7-13-8-6-10/h1-2,10-11,13H,3-9H2,(H,14,15). The Kier molecular flexibility index (Phi) is 3.78. The van der Waals surface area contributed by atoms with Gasteiger partial charge in [-0.2, -0.15) is 0 Å². The Morgan fingerprint density at radius 3 is 2.60 bits per heavy atom. The Bertz CT molecular complexity index is 236. The minimum atomic E-state index is 0.215. The lowest BCUT2D eigenvalue weighted by molar-refractivity contribution is -0.124. The van der Waals surface area contributed by atoms with Crippen molar-refractivity contribution in [3.05, 3.63) is 12.2 Å². The number of hydrogen-bond donors (Lipinski definition) is 2. The van der Waals surface area contributed by atoms with Gasteiger partial charge in [0.25, 0.3) is 0 Å². The number of nitrogens with one attached hydrogen (secondary N) is 2. The van der Waals surface area contributed by atoms with Crippen LogP contribution >= 0.6 is 0 Å². The second kappa shape index (κ2) is 5.31. The maximum Gasteiger partial charge on any atom is 0.223 e. The lowest BCUT2D eigenvalue weighted by atomic mass is 9.97. The van der Waals surface area contributed by atoms with Gasteiger partial charge in [0.1, 0.15) is 0 Å². The van der Waals surface area contributed by atoms with E-state index in [2.05, 4.69) is 22.8 Å². The molecule has 0 atom stereocenters. The average Bonchev–Trinajstić information content (AvgIpc) is 2.81. The third-order valence-electron chi connectivity index (χ3n) is 3.40. The van der Waals surface area contributed by atoms with Gasteiger partial charge in [-0.1, -0.05) is 12.2 Å². The van der Waals surface area contributed by atoms with E-state index in [4.69, 9.17) is 0 Å². The van der Waals surface area contributed by atoms with Crippen molar-refractivity contribution >= 4 is 5.91 Å². The summed E-state index contributed by atoms with van der Waals surface area (Å²) in [5.74, 6) is 1.15. The summed E-state index contributed by atoms with van der Waals surface area (Å²) in [6, 6.07) is 0. The topological polar surface area (TPSA) is 41.1 Å². The van der Waals surface area contributed by atoms with E-state index in [1.165, 1.54) is 12.8 Å². The van der Waals surface area contributed by atoms with Crippen LogP contribution in [-0.4, -0.2) is 25.5 Å². The first-order valence-corrected chi connectivity index (χ1v) is 5.99. The third kappa shape index (κ3) is 3.06. The maximum atomic E-state index is 11.7. The molecule has 1 heterocycles. The summed E-state index contributed by atoms with van der Waals surface area (Å²) in [5, 5.41) is 6.42. The zero-order valence-electron chi connectivity index (χ0n) is 9.17. The molecule has 1 saturated heterocycles. The van der Waals surface area contributed by atoms with Gasteiger partial charge in [-0.05, 0) is 44.7 Å². The van der Waals surface area contributed by atoms with Crippen LogP contribution in [0.15, 0.2) is 12.2 Å². The van der Waals surface area contributed by atoms with E-state index >= 15 is 0 Å². The van der Waals surface area contributed by atoms with E-state index in [1.807, 2.05) is 0 Å². The summed E-state index contributed by atoms with van der Waals surface area (Å²) < 4.78 is 0. The molecule has 0 unspecified atom stereocenters. The maximum absolute atomic E-state index is 11.7. The van der Waals surface area contributed by atoms with Gasteiger partial charge in [-0.3, -0.25) is 4.79 Å². The predicted octanol–water partition coefficient (Wildman–Crippen LogP) is 1.07. The first-order chi connectivity index (χ1) is 7.36. The molecule has 1 aliphatic heterocycles. The molecule has 1 aliphatic carbocycles. The fourth-order valence-corrected chi connectivity index (χ4v) is 2.31. The smallest absolute Gasteiger partial charge is 0.223 e. The average molecular weight is 208 g/mol. The van der Waals surface area contributed by atoms with Gasteiger partial charge in [-0.25, -0.2) is 0 Å². The first kappa shape index (κ1) is 10.7. The minimum absolute atomic E-state index is 0.215. The van der Waals surface area contributed by atoms with Crippen molar-refractivity contribution in [2.75, 3.05) is 19.6 Å². The molecule has 0 spiro atoms. The summed E-state index contributed by atoms with van der Waals surface area (Å²) in [5.41, 5.74) is 0. The highest BCUT2D eigenvalue weighted by Gasteiger charge is 2.20. The van der Waals surface area contributed by atoms with Crippen molar-refractivity contribution in [1.82, 2.24) is 10.6 Å². The fraction of sp³-hybridized carbons (Fsp3) is 0.750. The van der Waals surface area contributed by atoms with E-state index in [0.717, 1.165) is 32.5 Å². The molecule has 0 radical (unpaired) electrons. The SMILES string of the molecule is O=C(NCC1CCNCC1)C1CC=CC1. The lowest BCUT2D eigenvalue weighted by Gasteiger charge is -2.23. The molecular weight excluding hydrogens is 188 g/mol. The molecule has 2 N–H and O–H groups in total. The highest BCUT2D eigenvalue weighted by atomic mass is 16.1. The van der Waals surface area contributed by atoms with Crippen LogP contribution in [0.1, 0.15) is 25.7 Å². The molecule has 3 nitrogen and oxygen atoms in total. The molecule has 15 heavy (non-hydrogen) atoms. The van der Waals surface area contributed by atoms with Crippen molar-refractivity contribution in [3.8, 4) is 0 Å². The van der Waals surface area contributed by atoms with Gasteiger partial charge in [0.05, 0.1) is 0 Å². The van der Waals surface area contributed by atoms with Gasteiger partial charge in [-0.15, -0.1) is 0 Å². The van der Waals surface area contributed by atoms with Crippen LogP contribution in [0.3, 0.4) is 0 Å². The first-order valence-electron chi connectivity index (χ1n) is 5.99. The number of allylic oxidation sites excluding steroid dienone is 2. The molecule has 0 saturated carbocycles. The second-order valence-corrected chi connectivity index (χ2v) is 4.58. The Hall–Kier alpha value is -0.830. The normalized spacial score (nSPS) is 23.2. The largest absolute Gasteiger partial charge is 0.356 e. The zero-order valence-corrected chi connectivity index (χ0v) is 9.17. The van der Waals surface area contributed by atoms with Crippen molar-refractivity contribution in [2.45, 2.75) is 25.7 Å². The Balaban J connectivity index is 1.65. The second-order valence-electron chi connectivity index (χ2n) is 4.58. The van der Waals surface area contributed by atoms with Gasteiger partial charge in [0.15, 0.2) is 0 Å². The number of rotatable bonds is 3. The lowest BCUT2D eigenvalue weighted by Crippen LogP contribution is -2.37. The van der Waals surface area contributed by atoms with Crippen LogP contribution in [0, 0.1) is 11.8 Å². The monoisotopic (exact) mass is 208 g/mol. The molecular formula is C12H20N2O. The van der Waals surface area contributed by atoms with E-state index in [-0.39, 0.29) is 11.8 Å². The number of carbonyl (C=O) groups is 1. The van der Waals surface area contributed by atoms with Crippen LogP contribution < -0.4 is 10.6 Å². The van der Waals surface area contributed by atoms with Crippen LogP contribution in [0.2, 0.25) is 0 Å². The summed E-state index contributed by atoms with van der Waals surface area (Å²) in [6.45, 7) is 3.08. The number of piperidine rings is 1. The predicted molar refractivity (Wildman–Crippen MR) is 60.5 cm³/mol. The van der Waals surface area contributed by atoms with Gasteiger partial charge >= 0.3 is 0 Å². The van der Waals surface area contributed by atoms with E-state index in [1.54, 1.807) is 0 Å². The van der Waals surface area contributed by atoms with Crippen LogP contribution in [-0.2, 0) is 4.79 Å². The molecule has 2 aliphatic rings. The van der Waals surface area contributed by atoms with Crippen molar-refractivity contribution in [1.29, 1.82) is 0 Å². The van der Waals surface area contributed by atoms with Gasteiger partial charge < -0.3 is 10.6 Å². The van der Waals surface area contributed by atoms with Crippen LogP contribution in [0.5, 0.6) is 0 Å². The highest BCUT2D eigenvalue weighted by molar-refractivity contribution is 5.79. The van der Waals surface area contributed by atoms with E-state index < -0.39 is 0 Å². The highest BCUT2D eigenvalue weighted by Crippen LogP contribution is 2.18. The fourth-order valence-electron chi connectivity index (χ4n) is 2.31. The van der Waals surface area contributed by atoms with Crippen molar-refractivity contribution in [3.63, 3.8) is 0 Å². The molecule has 0 aromatic rings. The zero-order chi connectivity index (χ0) is 10.5. The summed E-state index contributed by atoms with van der Waals surface area (Å²) in [7, 11) is 0. The molecule has 1 fully saturated rings. The summed E-state index contributed by atoms with van der Waals surface area (Å²) >= 11 is 0.